The number of halogens is 1. The summed E-state index contributed by atoms with van der Waals surface area (Å²) in [4.78, 5) is 63.3. The molecule has 2 saturated carbocycles. The minimum absolute atomic E-state index is 0.0210. The van der Waals surface area contributed by atoms with Crippen molar-refractivity contribution >= 4 is 44.7 Å². The Morgan fingerprint density at radius 1 is 1.03 bits per heavy atom. The molecule has 3 aromatic rings. The molecular formula is C44H52FN5O8S. The monoisotopic (exact) mass is 829 g/mol. The molecule has 3 N–H and O–H groups in total. The molecule has 2 aliphatic carbocycles. The lowest BCUT2D eigenvalue weighted by Gasteiger charge is -2.37. The van der Waals surface area contributed by atoms with E-state index in [1.54, 1.807) is 39.8 Å². The first-order chi connectivity index (χ1) is 27.9. The van der Waals surface area contributed by atoms with Crippen LogP contribution in [0, 0.1) is 11.7 Å². The van der Waals surface area contributed by atoms with E-state index in [1.807, 2.05) is 36.4 Å². The fourth-order valence-electron chi connectivity index (χ4n) is 8.76. The fourth-order valence-corrected chi connectivity index (χ4v) is 10.1. The number of fused-ring (bicyclic) bond motifs is 5. The van der Waals surface area contributed by atoms with Gasteiger partial charge in [-0.2, -0.15) is 0 Å². The van der Waals surface area contributed by atoms with Crippen molar-refractivity contribution in [2.75, 3.05) is 6.54 Å². The maximum Gasteiger partial charge on any atom is 0.408 e. The molecule has 4 heterocycles. The lowest BCUT2D eigenvalue weighted by atomic mass is 9.86. The van der Waals surface area contributed by atoms with Crippen LogP contribution in [0.3, 0.4) is 0 Å². The summed E-state index contributed by atoms with van der Waals surface area (Å²) in [5.41, 5.74) is -0.999. The van der Waals surface area contributed by atoms with Crippen LogP contribution in [0.25, 0.3) is 22.2 Å². The van der Waals surface area contributed by atoms with Crippen LogP contribution >= 0.6 is 0 Å². The number of benzene rings is 2. The van der Waals surface area contributed by atoms with Gasteiger partial charge in [0.05, 0.1) is 16.8 Å². The van der Waals surface area contributed by atoms with Gasteiger partial charge in [0.15, 0.2) is 0 Å². The first-order valence-electron chi connectivity index (χ1n) is 20.6. The molecule has 1 aromatic heterocycles. The summed E-state index contributed by atoms with van der Waals surface area (Å²) >= 11 is 0. The number of nitrogens with zero attached hydrogens (tertiary/aromatic N) is 2. The third-order valence-electron chi connectivity index (χ3n) is 12.5. The molecule has 4 amide bonds. The van der Waals surface area contributed by atoms with Gasteiger partial charge in [0, 0.05) is 28.9 Å². The highest BCUT2D eigenvalue weighted by Crippen LogP contribution is 2.50. The number of alkyl carbamates (subject to hydrolysis) is 1. The molecule has 1 saturated heterocycles. The second-order valence-electron chi connectivity index (χ2n) is 18.2. The zero-order chi connectivity index (χ0) is 42.0. The van der Waals surface area contributed by atoms with E-state index in [9.17, 15) is 32.0 Å². The van der Waals surface area contributed by atoms with Crippen molar-refractivity contribution in [1.29, 1.82) is 0 Å². The number of para-hydroxylation sites is 1. The summed E-state index contributed by atoms with van der Waals surface area (Å²) in [7, 11) is -4.03. The Labute approximate surface area is 343 Å². The summed E-state index contributed by atoms with van der Waals surface area (Å²) in [6.07, 6.45) is 8.06. The van der Waals surface area contributed by atoms with Crippen LogP contribution in [0.4, 0.5) is 9.18 Å². The second-order valence-corrected chi connectivity index (χ2v) is 20.4. The molecule has 3 fully saturated rings. The summed E-state index contributed by atoms with van der Waals surface area (Å²) < 4.78 is 55.0. The van der Waals surface area contributed by atoms with E-state index >= 15 is 0 Å². The molecular weight excluding hydrogens is 778 g/mol. The van der Waals surface area contributed by atoms with E-state index in [-0.39, 0.29) is 25.8 Å². The number of allylic oxidation sites excluding steroid dienone is 1. The maximum atomic E-state index is 14.9. The Kier molecular flexibility index (Phi) is 10.3. The third kappa shape index (κ3) is 8.02. The average molecular weight is 830 g/mol. The van der Waals surface area contributed by atoms with Crippen molar-refractivity contribution in [3.8, 4) is 17.0 Å². The first-order valence-corrected chi connectivity index (χ1v) is 22.1. The zero-order valence-electron chi connectivity index (χ0n) is 33.9. The van der Waals surface area contributed by atoms with Crippen LogP contribution < -0.4 is 20.1 Å². The van der Waals surface area contributed by atoms with Crippen LogP contribution in [-0.4, -0.2) is 82.2 Å². The minimum Gasteiger partial charge on any atom is -0.483 e. The number of aromatic nitrogens is 1. The van der Waals surface area contributed by atoms with E-state index in [0.29, 0.717) is 61.0 Å². The molecule has 13 nitrogen and oxygen atoms in total. The Bertz CT molecular complexity index is 2360. The summed E-state index contributed by atoms with van der Waals surface area (Å²) in [6, 6.07) is 11.5. The van der Waals surface area contributed by atoms with Gasteiger partial charge >= 0.3 is 6.09 Å². The first kappa shape index (κ1) is 40.7. The topological polar surface area (TPSA) is 173 Å². The molecule has 0 radical (unpaired) electrons. The van der Waals surface area contributed by atoms with Crippen LogP contribution in [0.2, 0.25) is 0 Å². The Hall–Kier alpha value is -5.05. The van der Waals surface area contributed by atoms with E-state index in [4.69, 9.17) is 14.5 Å². The Balaban J connectivity index is 1.18. The van der Waals surface area contributed by atoms with Gasteiger partial charge in [0.1, 0.15) is 46.1 Å². The molecule has 3 aliphatic heterocycles. The van der Waals surface area contributed by atoms with Crippen LogP contribution in [0.15, 0.2) is 60.7 Å². The highest BCUT2D eigenvalue weighted by molar-refractivity contribution is 7.91. The Morgan fingerprint density at radius 2 is 1.81 bits per heavy atom. The van der Waals surface area contributed by atoms with E-state index in [2.05, 4.69) is 15.4 Å². The minimum atomic E-state index is -4.03. The summed E-state index contributed by atoms with van der Waals surface area (Å²) in [5, 5.41) is 6.59. The number of aryl methyl sites for hydroxylation is 1. The molecule has 59 heavy (non-hydrogen) atoms. The van der Waals surface area contributed by atoms with Gasteiger partial charge < -0.3 is 25.0 Å². The predicted octanol–water partition coefficient (Wildman–Crippen LogP) is 5.99. The van der Waals surface area contributed by atoms with Crippen molar-refractivity contribution < 1.29 is 41.5 Å². The van der Waals surface area contributed by atoms with Crippen molar-refractivity contribution in [3.63, 3.8) is 0 Å². The van der Waals surface area contributed by atoms with Gasteiger partial charge in [-0.25, -0.2) is 22.6 Å². The maximum absolute atomic E-state index is 14.9. The zero-order valence-corrected chi connectivity index (χ0v) is 34.8. The van der Waals surface area contributed by atoms with E-state index < -0.39 is 79.1 Å². The highest BCUT2D eigenvalue weighted by atomic mass is 32.2. The van der Waals surface area contributed by atoms with Gasteiger partial charge in [0.25, 0.3) is 5.91 Å². The number of sulfonamides is 1. The molecule has 8 rings (SSSR count). The van der Waals surface area contributed by atoms with Crippen LogP contribution in [0.5, 0.6) is 5.75 Å². The summed E-state index contributed by atoms with van der Waals surface area (Å²) in [5.74, 6) is -2.44. The standard InChI is InChI=1S/C44H52FN5O8S/c1-41(2,3)58-40(54)47-33-18-9-7-5-6-8-14-28-24-44(28,39(53)49-59(55,56)42(4)21-22-42)48-37(51)34-25-43(26-50(34)38(33)52)20-19-31-30-16-10-11-17-32(30)46-35(36(31)57-43)27-13-12-15-29(45)23-27/h8,10-17,23,28,33-34H,5-7,9,18-22,24-26H2,1-4H3,(H,47,54)(H,48,51)(H,49,53)/b14-8-/t28-,33+,34+,43+,44-/m1/s1. The number of carbonyl (C=O) groups excluding carboxylic acids is 4. The molecule has 1 spiro atoms. The van der Waals surface area contributed by atoms with Crippen molar-refractivity contribution in [2.45, 2.75) is 132 Å². The molecule has 15 heteroatoms. The molecule has 0 bridgehead atoms. The molecule has 5 aliphatic rings. The number of amides is 4. The SMILES string of the molecule is CC(C)(C)OC(=O)N[C@H]1CCCCC/C=C\[C@@H]2C[C@@]2(C(=O)NS(=O)(=O)C2(C)CC2)NC(=O)[C@@H]2C[C@@]3(CCc4c(c(-c5cccc(F)c5)nc5ccccc45)O3)CN2C1=O. The van der Waals surface area contributed by atoms with Crippen molar-refractivity contribution in [1.82, 2.24) is 25.2 Å². The average Bonchev–Trinajstić information content (AvgIpc) is 4.07. The fraction of sp³-hybridized carbons (Fsp3) is 0.523. The molecule has 314 valence electrons. The van der Waals surface area contributed by atoms with Crippen LogP contribution in [0.1, 0.15) is 97.5 Å². The number of hydrogen-bond acceptors (Lipinski definition) is 9. The number of ether oxygens (including phenoxy) is 2. The quantitative estimate of drug-likeness (QED) is 0.261. The van der Waals surface area contributed by atoms with E-state index in [1.165, 1.54) is 17.0 Å². The lowest BCUT2D eigenvalue weighted by Crippen LogP contribution is -2.58. The molecule has 5 atom stereocenters. The van der Waals surface area contributed by atoms with Gasteiger partial charge in [-0.1, -0.05) is 55.3 Å². The largest absolute Gasteiger partial charge is 0.483 e. The summed E-state index contributed by atoms with van der Waals surface area (Å²) in [6.45, 7) is 6.73. The van der Waals surface area contributed by atoms with Crippen LogP contribution in [-0.2, 0) is 35.6 Å². The Morgan fingerprint density at radius 3 is 2.56 bits per heavy atom. The van der Waals surface area contributed by atoms with Gasteiger partial charge in [-0.05, 0) is 97.3 Å². The van der Waals surface area contributed by atoms with Gasteiger partial charge in [0.2, 0.25) is 21.8 Å². The highest BCUT2D eigenvalue weighted by Gasteiger charge is 2.64. The van der Waals surface area contributed by atoms with E-state index in [0.717, 1.165) is 23.8 Å². The lowest BCUT2D eigenvalue weighted by molar-refractivity contribution is -0.141. The normalized spacial score (nSPS) is 28.4. The molecule has 2 aromatic carbocycles. The number of pyridine rings is 1. The number of nitrogens with one attached hydrogen (secondary N) is 3. The van der Waals surface area contributed by atoms with Gasteiger partial charge in [-0.3, -0.25) is 19.1 Å². The van der Waals surface area contributed by atoms with Crippen molar-refractivity contribution in [3.05, 3.63) is 72.1 Å². The predicted molar refractivity (Wildman–Crippen MR) is 218 cm³/mol. The third-order valence-corrected chi connectivity index (χ3v) is 14.7. The number of carbonyl (C=O) groups is 4. The second kappa shape index (κ2) is 14.9. The molecule has 0 unspecified atom stereocenters. The number of rotatable bonds is 5. The van der Waals surface area contributed by atoms with Crippen molar-refractivity contribution in [2.24, 2.45) is 5.92 Å². The number of hydrogen-bond donors (Lipinski definition) is 3. The van der Waals surface area contributed by atoms with Gasteiger partial charge in [-0.15, -0.1) is 0 Å². The smallest absolute Gasteiger partial charge is 0.408 e.